The second-order valence-corrected chi connectivity index (χ2v) is 6.30. The molecule has 1 heterocycles. The van der Waals surface area contributed by atoms with Gasteiger partial charge in [-0.1, -0.05) is 26.7 Å². The van der Waals surface area contributed by atoms with Crippen molar-refractivity contribution in [2.75, 3.05) is 39.3 Å². The monoisotopic (exact) mass is 324 g/mol. The van der Waals surface area contributed by atoms with Gasteiger partial charge in [0.1, 0.15) is 0 Å². The molecule has 2 atom stereocenters. The first-order valence-corrected chi connectivity index (χ1v) is 8.28. The summed E-state index contributed by atoms with van der Waals surface area (Å²) in [5.74, 6) is 2.11. The normalized spacial score (nSPS) is 25.9. The maximum Gasteiger partial charge on any atom is 0.00129 e. The van der Waals surface area contributed by atoms with E-state index in [0.717, 1.165) is 11.8 Å². The summed E-state index contributed by atoms with van der Waals surface area (Å²) in [6.07, 6.45) is 8.80. The number of fused-ring (bicyclic) bond motifs is 1. The lowest BCUT2D eigenvalue weighted by Crippen LogP contribution is -2.26. The van der Waals surface area contributed by atoms with E-state index in [1.54, 1.807) is 0 Å². The number of hydrogen-bond donors (Lipinski definition) is 0. The van der Waals surface area contributed by atoms with Crippen LogP contribution in [0.5, 0.6) is 0 Å². The summed E-state index contributed by atoms with van der Waals surface area (Å²) in [5, 5.41) is 0. The van der Waals surface area contributed by atoms with Crippen LogP contribution >= 0.6 is 24.8 Å². The van der Waals surface area contributed by atoms with Crippen molar-refractivity contribution in [1.29, 1.82) is 0 Å². The highest BCUT2D eigenvalue weighted by Gasteiger charge is 2.33. The van der Waals surface area contributed by atoms with Gasteiger partial charge in [-0.15, -0.1) is 24.8 Å². The van der Waals surface area contributed by atoms with E-state index in [2.05, 4.69) is 23.6 Å². The quantitative estimate of drug-likeness (QED) is 0.651. The second-order valence-electron chi connectivity index (χ2n) is 6.30. The van der Waals surface area contributed by atoms with Crippen LogP contribution in [0.15, 0.2) is 0 Å². The zero-order valence-corrected chi connectivity index (χ0v) is 15.0. The third kappa shape index (κ3) is 6.09. The van der Waals surface area contributed by atoms with Gasteiger partial charge < -0.3 is 9.80 Å². The van der Waals surface area contributed by atoms with Gasteiger partial charge in [-0.2, -0.15) is 0 Å². The van der Waals surface area contributed by atoms with Gasteiger partial charge in [0.25, 0.3) is 0 Å². The lowest BCUT2D eigenvalue weighted by atomic mass is 9.82. The Balaban J connectivity index is 0.00000180. The van der Waals surface area contributed by atoms with E-state index < -0.39 is 0 Å². The smallest absolute Gasteiger partial charge is 0.00129 e. The average Bonchev–Trinajstić information content (AvgIpc) is 2.81. The molecule has 0 bridgehead atoms. The molecule has 1 saturated heterocycles. The van der Waals surface area contributed by atoms with Crippen LogP contribution in [-0.2, 0) is 0 Å². The number of likely N-dealkylation sites (tertiary alicyclic amines) is 1. The second kappa shape index (κ2) is 11.1. The van der Waals surface area contributed by atoms with Crippen LogP contribution in [-0.4, -0.2) is 49.1 Å². The number of unbranched alkanes of at least 4 members (excludes halogenated alkanes) is 1. The summed E-state index contributed by atoms with van der Waals surface area (Å²) in [5.41, 5.74) is 0. The van der Waals surface area contributed by atoms with Gasteiger partial charge in [0, 0.05) is 13.1 Å². The first kappa shape index (κ1) is 20.5. The highest BCUT2D eigenvalue weighted by atomic mass is 35.5. The topological polar surface area (TPSA) is 6.48 Å². The Morgan fingerprint density at radius 3 is 1.95 bits per heavy atom. The minimum Gasteiger partial charge on any atom is -0.304 e. The van der Waals surface area contributed by atoms with Crippen molar-refractivity contribution in [3.63, 3.8) is 0 Å². The van der Waals surface area contributed by atoms with Gasteiger partial charge in [0.05, 0.1) is 0 Å². The molecular weight excluding hydrogens is 291 g/mol. The number of rotatable bonds is 7. The fourth-order valence-corrected chi connectivity index (χ4v) is 3.90. The molecular formula is C16H34Cl2N2. The molecule has 2 unspecified atom stereocenters. The number of halogens is 2. The molecule has 0 radical (unpaired) electrons. The molecule has 1 saturated carbocycles. The molecule has 0 aromatic heterocycles. The van der Waals surface area contributed by atoms with Crippen molar-refractivity contribution in [3.8, 4) is 0 Å². The van der Waals surface area contributed by atoms with Crippen molar-refractivity contribution in [2.45, 2.75) is 52.4 Å². The van der Waals surface area contributed by atoms with E-state index in [-0.39, 0.29) is 24.8 Å². The van der Waals surface area contributed by atoms with Gasteiger partial charge in [0.2, 0.25) is 0 Å². The van der Waals surface area contributed by atoms with Crippen LogP contribution in [0, 0.1) is 11.8 Å². The first-order chi connectivity index (χ1) is 8.83. The molecule has 0 spiro atoms. The Hall–Kier alpha value is 0.500. The van der Waals surface area contributed by atoms with E-state index >= 15 is 0 Å². The summed E-state index contributed by atoms with van der Waals surface area (Å²) in [7, 11) is 0. The standard InChI is InChI=1S/C16H32N2.2ClH/c1-3-17(4-2)11-7-8-12-18-13-15-9-5-6-10-16(15)14-18;;/h15-16H,3-14H2,1-2H3;2*1H. The Bertz CT molecular complexity index is 221. The van der Waals surface area contributed by atoms with E-state index in [4.69, 9.17) is 0 Å². The molecule has 1 aliphatic heterocycles. The molecule has 20 heavy (non-hydrogen) atoms. The van der Waals surface area contributed by atoms with Crippen LogP contribution in [0.25, 0.3) is 0 Å². The van der Waals surface area contributed by atoms with Gasteiger partial charge >= 0.3 is 0 Å². The van der Waals surface area contributed by atoms with Gasteiger partial charge in [-0.3, -0.25) is 0 Å². The number of nitrogens with zero attached hydrogens (tertiary/aromatic N) is 2. The van der Waals surface area contributed by atoms with Crippen molar-refractivity contribution in [3.05, 3.63) is 0 Å². The van der Waals surface area contributed by atoms with E-state index in [1.807, 2.05) is 0 Å². The fraction of sp³-hybridized carbons (Fsp3) is 1.00. The van der Waals surface area contributed by atoms with Crippen molar-refractivity contribution >= 4 is 24.8 Å². The van der Waals surface area contributed by atoms with Crippen LogP contribution < -0.4 is 0 Å². The van der Waals surface area contributed by atoms with Gasteiger partial charge in [0.15, 0.2) is 0 Å². The van der Waals surface area contributed by atoms with Gasteiger partial charge in [-0.25, -0.2) is 0 Å². The Morgan fingerprint density at radius 1 is 0.900 bits per heavy atom. The van der Waals surface area contributed by atoms with E-state index in [0.29, 0.717) is 0 Å². The van der Waals surface area contributed by atoms with Crippen LogP contribution in [0.3, 0.4) is 0 Å². The molecule has 0 N–H and O–H groups in total. The molecule has 0 aromatic rings. The molecule has 2 aliphatic rings. The molecule has 2 nitrogen and oxygen atoms in total. The highest BCUT2D eigenvalue weighted by Crippen LogP contribution is 2.35. The maximum absolute atomic E-state index is 2.75. The fourth-order valence-electron chi connectivity index (χ4n) is 3.90. The Labute approximate surface area is 138 Å². The summed E-state index contributed by atoms with van der Waals surface area (Å²) >= 11 is 0. The van der Waals surface area contributed by atoms with Crippen LogP contribution in [0.1, 0.15) is 52.4 Å². The predicted molar refractivity (Wildman–Crippen MR) is 93.4 cm³/mol. The van der Waals surface area contributed by atoms with E-state index in [9.17, 15) is 0 Å². The van der Waals surface area contributed by atoms with Crippen molar-refractivity contribution in [2.24, 2.45) is 11.8 Å². The molecule has 0 amide bonds. The Kier molecular flexibility index (Phi) is 11.4. The molecule has 0 aromatic carbocycles. The molecule has 2 fully saturated rings. The summed E-state index contributed by atoms with van der Waals surface area (Å²) in [4.78, 5) is 5.30. The number of hydrogen-bond acceptors (Lipinski definition) is 2. The third-order valence-corrected chi connectivity index (χ3v) is 5.15. The predicted octanol–water partition coefficient (Wildman–Crippen LogP) is 4.07. The first-order valence-electron chi connectivity index (χ1n) is 8.28. The molecule has 1 aliphatic carbocycles. The molecule has 122 valence electrons. The average molecular weight is 325 g/mol. The summed E-state index contributed by atoms with van der Waals surface area (Å²) < 4.78 is 0. The molecule has 4 heteroatoms. The van der Waals surface area contributed by atoms with Crippen molar-refractivity contribution in [1.82, 2.24) is 9.80 Å². The minimum atomic E-state index is 0. The SMILES string of the molecule is CCN(CC)CCCCN1CC2CCCCC2C1.Cl.Cl. The lowest BCUT2D eigenvalue weighted by Gasteiger charge is -2.23. The zero-order valence-electron chi connectivity index (χ0n) is 13.4. The Morgan fingerprint density at radius 2 is 1.45 bits per heavy atom. The van der Waals surface area contributed by atoms with E-state index in [1.165, 1.54) is 77.8 Å². The summed E-state index contributed by atoms with van der Waals surface area (Å²) in [6.45, 7) is 12.5. The largest absolute Gasteiger partial charge is 0.304 e. The van der Waals surface area contributed by atoms with Crippen LogP contribution in [0.4, 0.5) is 0 Å². The molecule has 2 rings (SSSR count). The van der Waals surface area contributed by atoms with Crippen molar-refractivity contribution < 1.29 is 0 Å². The lowest BCUT2D eigenvalue weighted by molar-refractivity contribution is 0.272. The minimum absolute atomic E-state index is 0. The zero-order chi connectivity index (χ0) is 12.8. The maximum atomic E-state index is 2.75. The van der Waals surface area contributed by atoms with Gasteiger partial charge in [-0.05, 0) is 63.7 Å². The van der Waals surface area contributed by atoms with Crippen LogP contribution in [0.2, 0.25) is 0 Å². The highest BCUT2D eigenvalue weighted by molar-refractivity contribution is 5.85. The summed E-state index contributed by atoms with van der Waals surface area (Å²) in [6, 6.07) is 0. The third-order valence-electron chi connectivity index (χ3n) is 5.15.